The van der Waals surface area contributed by atoms with Crippen LogP contribution in [-0.4, -0.2) is 38.2 Å². The van der Waals surface area contributed by atoms with Gasteiger partial charge >= 0.3 is 100 Å². The quantitative estimate of drug-likeness (QED) is 0.431. The fraction of sp³-hybridized carbons (Fsp3) is 1.00. The molecule has 0 saturated carbocycles. The summed E-state index contributed by atoms with van der Waals surface area (Å²) < 4.78 is 1.67. The van der Waals surface area contributed by atoms with Crippen molar-refractivity contribution in [2.24, 2.45) is 0 Å². The van der Waals surface area contributed by atoms with Crippen LogP contribution in [0.5, 0.6) is 0 Å². The average molecular weight is 323 g/mol. The van der Waals surface area contributed by atoms with Crippen LogP contribution in [0.4, 0.5) is 0 Å². The van der Waals surface area contributed by atoms with Gasteiger partial charge < -0.3 is 0 Å². The second kappa shape index (κ2) is 10.7. The summed E-state index contributed by atoms with van der Waals surface area (Å²) in [5.41, 5.74) is 0. The van der Waals surface area contributed by atoms with Crippen molar-refractivity contribution >= 4 is 27.7 Å². The zero-order valence-corrected chi connectivity index (χ0v) is 14.9. The SMILES string of the molecule is CCCCP(CCCC)C[CH2][SnH]([CH3])[CH3]. The first-order valence-corrected chi connectivity index (χ1v) is 17.2. The summed E-state index contributed by atoms with van der Waals surface area (Å²) in [6.07, 6.45) is 10.6. The number of hydrogen-bond acceptors (Lipinski definition) is 0. The van der Waals surface area contributed by atoms with Gasteiger partial charge in [-0.3, -0.25) is 0 Å². The Morgan fingerprint density at radius 3 is 1.71 bits per heavy atom. The van der Waals surface area contributed by atoms with E-state index in [4.69, 9.17) is 0 Å². The van der Waals surface area contributed by atoms with E-state index in [-0.39, 0.29) is 0 Å². The predicted octanol–water partition coefficient (Wildman–Crippen LogP) is 4.56. The fourth-order valence-electron chi connectivity index (χ4n) is 1.54. The van der Waals surface area contributed by atoms with E-state index in [1.165, 1.54) is 25.7 Å². The maximum atomic E-state index is 2.56. The Labute approximate surface area is 99.7 Å². The second-order valence-corrected chi connectivity index (χ2v) is 17.0. The minimum absolute atomic E-state index is 0.448. The summed E-state index contributed by atoms with van der Waals surface area (Å²) >= 11 is -0.884. The van der Waals surface area contributed by atoms with Gasteiger partial charge in [-0.2, -0.15) is 0 Å². The zero-order valence-electron chi connectivity index (χ0n) is 10.7. The second-order valence-electron chi connectivity index (χ2n) is 4.73. The monoisotopic (exact) mass is 324 g/mol. The fourth-order valence-corrected chi connectivity index (χ4v) is 12.2. The van der Waals surface area contributed by atoms with Crippen LogP contribution in [0.3, 0.4) is 0 Å². The van der Waals surface area contributed by atoms with Crippen LogP contribution >= 0.6 is 7.92 Å². The topological polar surface area (TPSA) is 0 Å². The zero-order chi connectivity index (χ0) is 10.8. The minimum atomic E-state index is -0.884. The molecule has 2 heteroatoms. The molecule has 0 bridgehead atoms. The van der Waals surface area contributed by atoms with Crippen LogP contribution in [0.15, 0.2) is 0 Å². The van der Waals surface area contributed by atoms with Crippen molar-refractivity contribution in [3.63, 3.8) is 0 Å². The van der Waals surface area contributed by atoms with Gasteiger partial charge in [0, 0.05) is 0 Å². The maximum absolute atomic E-state index is 2.56. The summed E-state index contributed by atoms with van der Waals surface area (Å²) in [5.74, 6) is 0. The van der Waals surface area contributed by atoms with Gasteiger partial charge in [0.1, 0.15) is 0 Å². The van der Waals surface area contributed by atoms with Crippen molar-refractivity contribution in [3.8, 4) is 0 Å². The Balaban J connectivity index is 3.60. The molecule has 0 aromatic rings. The molecule has 0 aromatic heterocycles. The third-order valence-corrected chi connectivity index (χ3v) is 11.0. The standard InChI is InChI=1S/C10H22P.2CH3.Sn.H/c1-4-7-9-11(6-3)10-8-5-2;;;;/h3-10H2,1-2H3;2*1H3;;. The number of hydrogen-bond donors (Lipinski definition) is 0. The molecule has 0 N–H and O–H groups in total. The molecule has 0 saturated heterocycles. The van der Waals surface area contributed by atoms with Gasteiger partial charge in [-0.1, -0.05) is 0 Å². The van der Waals surface area contributed by atoms with Crippen molar-refractivity contribution in [2.45, 2.75) is 53.8 Å². The first kappa shape index (κ1) is 15.2. The van der Waals surface area contributed by atoms with Crippen LogP contribution in [0.1, 0.15) is 39.5 Å². The Kier molecular flexibility index (Phi) is 11.7. The molecule has 0 aliphatic heterocycles. The molecule has 0 unspecified atom stereocenters. The Hall–Kier alpha value is 1.23. The molecule has 0 rings (SSSR count). The summed E-state index contributed by atoms with van der Waals surface area (Å²) in [7, 11) is 0.448. The molecule has 14 heavy (non-hydrogen) atoms. The van der Waals surface area contributed by atoms with E-state index >= 15 is 0 Å². The van der Waals surface area contributed by atoms with Gasteiger partial charge in [0.2, 0.25) is 0 Å². The van der Waals surface area contributed by atoms with E-state index in [0.717, 1.165) is 0 Å². The van der Waals surface area contributed by atoms with Crippen molar-refractivity contribution in [3.05, 3.63) is 0 Å². The third kappa shape index (κ3) is 9.77. The van der Waals surface area contributed by atoms with Gasteiger partial charge in [0.25, 0.3) is 0 Å². The van der Waals surface area contributed by atoms with Gasteiger partial charge in [-0.25, -0.2) is 0 Å². The van der Waals surface area contributed by atoms with Crippen LogP contribution in [0.25, 0.3) is 0 Å². The molecule has 86 valence electrons. The van der Waals surface area contributed by atoms with E-state index in [1.54, 1.807) is 22.9 Å². The average Bonchev–Trinajstić information content (AvgIpc) is 2.16. The Bertz CT molecular complexity index is 107. The molecule has 0 aliphatic carbocycles. The molecule has 0 aromatic carbocycles. The van der Waals surface area contributed by atoms with Crippen LogP contribution < -0.4 is 0 Å². The number of unbranched alkanes of at least 4 members (excludes halogenated alkanes) is 2. The van der Waals surface area contributed by atoms with Gasteiger partial charge in [-0.05, 0) is 0 Å². The summed E-state index contributed by atoms with van der Waals surface area (Å²) in [6.45, 7) is 4.66. The van der Waals surface area contributed by atoms with Gasteiger partial charge in [0.15, 0.2) is 0 Å². The predicted molar refractivity (Wildman–Crippen MR) is 75.0 cm³/mol. The number of rotatable bonds is 9. The molecule has 0 aliphatic rings. The molecular weight excluding hydrogens is 294 g/mol. The van der Waals surface area contributed by atoms with Crippen molar-refractivity contribution < 1.29 is 0 Å². The third-order valence-electron chi connectivity index (χ3n) is 2.68. The van der Waals surface area contributed by atoms with Crippen LogP contribution in [0, 0.1) is 0 Å². The van der Waals surface area contributed by atoms with Crippen LogP contribution in [-0.2, 0) is 0 Å². The normalized spacial score (nSPS) is 11.6. The molecule has 0 spiro atoms. The van der Waals surface area contributed by atoms with Gasteiger partial charge in [-0.15, -0.1) is 0 Å². The first-order valence-electron chi connectivity index (χ1n) is 6.43. The van der Waals surface area contributed by atoms with E-state index in [2.05, 4.69) is 23.7 Å². The van der Waals surface area contributed by atoms with E-state index in [1.807, 2.05) is 0 Å². The Morgan fingerprint density at radius 1 is 0.857 bits per heavy atom. The molecule has 0 fully saturated rings. The van der Waals surface area contributed by atoms with Gasteiger partial charge in [0.05, 0.1) is 0 Å². The van der Waals surface area contributed by atoms with E-state index in [9.17, 15) is 0 Å². The summed E-state index contributed by atoms with van der Waals surface area (Å²) in [5, 5.41) is 0. The molecular formula is C12H29PSn. The van der Waals surface area contributed by atoms with Crippen molar-refractivity contribution in [1.29, 1.82) is 0 Å². The van der Waals surface area contributed by atoms with Crippen molar-refractivity contribution in [2.75, 3.05) is 18.5 Å². The molecule has 0 radical (unpaired) electrons. The molecule has 0 nitrogen and oxygen atoms in total. The summed E-state index contributed by atoms with van der Waals surface area (Å²) in [6, 6.07) is 0. The Morgan fingerprint density at radius 2 is 1.36 bits per heavy atom. The summed E-state index contributed by atoms with van der Waals surface area (Å²) in [4.78, 5) is 5.13. The molecule has 0 amide bonds. The van der Waals surface area contributed by atoms with E-state index in [0.29, 0.717) is 7.92 Å². The first-order chi connectivity index (χ1) is 6.70. The van der Waals surface area contributed by atoms with E-state index < -0.39 is 19.8 Å². The van der Waals surface area contributed by atoms with Crippen LogP contribution in [0.2, 0.25) is 14.3 Å². The van der Waals surface area contributed by atoms with Crippen molar-refractivity contribution in [1.82, 2.24) is 0 Å². The molecule has 0 atom stereocenters. The molecule has 0 heterocycles.